The fourth-order valence-electron chi connectivity index (χ4n) is 2.34. The molecule has 1 fully saturated rings. The van der Waals surface area contributed by atoms with E-state index in [0.29, 0.717) is 0 Å². The van der Waals surface area contributed by atoms with Gasteiger partial charge < -0.3 is 9.73 Å². The topological polar surface area (TPSA) is 25.2 Å². The van der Waals surface area contributed by atoms with Crippen molar-refractivity contribution in [1.29, 1.82) is 0 Å². The van der Waals surface area contributed by atoms with Gasteiger partial charge in [-0.1, -0.05) is 18.6 Å². The number of hydrogen-bond donors (Lipinski definition) is 1. The van der Waals surface area contributed by atoms with Crippen molar-refractivity contribution in [2.45, 2.75) is 38.8 Å². The van der Waals surface area contributed by atoms with Gasteiger partial charge in [-0.2, -0.15) is 0 Å². The largest absolute Gasteiger partial charge is 0.464 e. The van der Waals surface area contributed by atoms with Crippen LogP contribution in [0.5, 0.6) is 0 Å². The average Bonchev–Trinajstić information content (AvgIpc) is 2.61. The van der Waals surface area contributed by atoms with Gasteiger partial charge in [0.1, 0.15) is 5.58 Å². The van der Waals surface area contributed by atoms with E-state index in [0.717, 1.165) is 18.2 Å². The summed E-state index contributed by atoms with van der Waals surface area (Å²) in [5, 5.41) is 4.87. The minimum absolute atomic E-state index is 0.731. The Morgan fingerprint density at radius 3 is 3.00 bits per heavy atom. The van der Waals surface area contributed by atoms with Crippen LogP contribution in [0.25, 0.3) is 11.0 Å². The molecule has 2 aromatic rings. The fraction of sp³-hybridized carbons (Fsp3) is 0.429. The van der Waals surface area contributed by atoms with Gasteiger partial charge in [0.15, 0.2) is 0 Å². The maximum Gasteiger partial charge on any atom is 0.134 e. The third kappa shape index (κ3) is 1.63. The van der Waals surface area contributed by atoms with Crippen molar-refractivity contribution in [3.8, 4) is 0 Å². The van der Waals surface area contributed by atoms with Crippen LogP contribution in [0.15, 0.2) is 28.9 Å². The molecule has 1 heterocycles. The molecule has 84 valence electrons. The minimum Gasteiger partial charge on any atom is -0.464 e. The van der Waals surface area contributed by atoms with Crippen molar-refractivity contribution < 1.29 is 4.42 Å². The van der Waals surface area contributed by atoms with Gasteiger partial charge >= 0.3 is 0 Å². The van der Waals surface area contributed by atoms with E-state index in [1.807, 2.05) is 18.4 Å². The Morgan fingerprint density at radius 2 is 2.25 bits per heavy atom. The SMILES string of the molecule is Cc1cccc2occ(CNC3CCC3)c12. The first-order valence-corrected chi connectivity index (χ1v) is 6.03. The van der Waals surface area contributed by atoms with Crippen LogP contribution < -0.4 is 5.32 Å². The number of nitrogens with one attached hydrogen (secondary N) is 1. The summed E-state index contributed by atoms with van der Waals surface area (Å²) >= 11 is 0. The molecule has 0 saturated heterocycles. The van der Waals surface area contributed by atoms with E-state index in [1.54, 1.807) is 0 Å². The summed E-state index contributed by atoms with van der Waals surface area (Å²) < 4.78 is 5.57. The van der Waals surface area contributed by atoms with Crippen LogP contribution in [0.4, 0.5) is 0 Å². The van der Waals surface area contributed by atoms with E-state index in [1.165, 1.54) is 35.8 Å². The van der Waals surface area contributed by atoms with Crippen molar-refractivity contribution in [3.63, 3.8) is 0 Å². The zero-order valence-corrected chi connectivity index (χ0v) is 9.62. The zero-order chi connectivity index (χ0) is 11.0. The molecule has 0 atom stereocenters. The molecule has 1 N–H and O–H groups in total. The van der Waals surface area contributed by atoms with Gasteiger partial charge in [0.2, 0.25) is 0 Å². The summed E-state index contributed by atoms with van der Waals surface area (Å²) in [6.45, 7) is 3.08. The average molecular weight is 215 g/mol. The lowest BCUT2D eigenvalue weighted by Gasteiger charge is -2.26. The molecule has 2 nitrogen and oxygen atoms in total. The Kier molecular flexibility index (Phi) is 2.44. The molecule has 1 aliphatic carbocycles. The summed E-state index contributed by atoms with van der Waals surface area (Å²) in [5.41, 5.74) is 3.60. The van der Waals surface area contributed by atoms with Crippen molar-refractivity contribution in [2.24, 2.45) is 0 Å². The van der Waals surface area contributed by atoms with Crippen molar-refractivity contribution in [3.05, 3.63) is 35.6 Å². The molecule has 0 spiro atoms. The van der Waals surface area contributed by atoms with Gasteiger partial charge in [0.25, 0.3) is 0 Å². The normalized spacial score (nSPS) is 16.6. The predicted molar refractivity (Wildman–Crippen MR) is 65.4 cm³/mol. The molecule has 1 saturated carbocycles. The third-order valence-corrected chi connectivity index (χ3v) is 3.57. The van der Waals surface area contributed by atoms with E-state index in [-0.39, 0.29) is 0 Å². The molecule has 0 radical (unpaired) electrons. The van der Waals surface area contributed by atoms with Crippen molar-refractivity contribution in [2.75, 3.05) is 0 Å². The van der Waals surface area contributed by atoms with E-state index < -0.39 is 0 Å². The Labute approximate surface area is 95.6 Å². The molecule has 16 heavy (non-hydrogen) atoms. The summed E-state index contributed by atoms with van der Waals surface area (Å²) in [6, 6.07) is 6.96. The number of benzene rings is 1. The van der Waals surface area contributed by atoms with Crippen LogP contribution in [0.2, 0.25) is 0 Å². The van der Waals surface area contributed by atoms with Crippen LogP contribution in [0.3, 0.4) is 0 Å². The van der Waals surface area contributed by atoms with Gasteiger partial charge in [-0.05, 0) is 31.4 Å². The zero-order valence-electron chi connectivity index (χ0n) is 9.62. The lowest BCUT2D eigenvalue weighted by atomic mass is 9.93. The first-order chi connectivity index (χ1) is 7.84. The van der Waals surface area contributed by atoms with Crippen molar-refractivity contribution >= 4 is 11.0 Å². The van der Waals surface area contributed by atoms with Gasteiger partial charge in [-0.25, -0.2) is 0 Å². The van der Waals surface area contributed by atoms with Gasteiger partial charge in [0.05, 0.1) is 6.26 Å². The van der Waals surface area contributed by atoms with Crippen LogP contribution in [0.1, 0.15) is 30.4 Å². The lowest BCUT2D eigenvalue weighted by molar-refractivity contribution is 0.338. The second kappa shape index (κ2) is 3.95. The highest BCUT2D eigenvalue weighted by molar-refractivity contribution is 5.84. The number of aryl methyl sites for hydroxylation is 1. The first-order valence-electron chi connectivity index (χ1n) is 6.03. The Balaban J connectivity index is 1.85. The second-order valence-corrected chi connectivity index (χ2v) is 4.72. The van der Waals surface area contributed by atoms with Crippen LogP contribution in [0, 0.1) is 6.92 Å². The van der Waals surface area contributed by atoms with E-state index in [2.05, 4.69) is 18.3 Å². The molecule has 0 bridgehead atoms. The number of fused-ring (bicyclic) bond motifs is 1. The molecule has 1 aromatic heterocycles. The maximum absolute atomic E-state index is 5.57. The standard InChI is InChI=1S/C14H17NO/c1-10-4-2-7-13-14(10)11(9-16-13)8-15-12-5-3-6-12/h2,4,7,9,12,15H,3,5-6,8H2,1H3. The number of furan rings is 1. The highest BCUT2D eigenvalue weighted by Gasteiger charge is 2.17. The summed E-state index contributed by atoms with van der Waals surface area (Å²) in [6.07, 6.45) is 5.93. The number of hydrogen-bond acceptors (Lipinski definition) is 2. The van der Waals surface area contributed by atoms with E-state index >= 15 is 0 Å². The maximum atomic E-state index is 5.57. The van der Waals surface area contributed by atoms with Crippen LogP contribution >= 0.6 is 0 Å². The highest BCUT2D eigenvalue weighted by Crippen LogP contribution is 2.25. The van der Waals surface area contributed by atoms with Crippen LogP contribution in [-0.2, 0) is 6.54 Å². The lowest BCUT2D eigenvalue weighted by Crippen LogP contribution is -2.34. The molecule has 1 aliphatic rings. The molecular weight excluding hydrogens is 198 g/mol. The monoisotopic (exact) mass is 215 g/mol. The molecule has 0 amide bonds. The predicted octanol–water partition coefficient (Wildman–Crippen LogP) is 3.38. The summed E-state index contributed by atoms with van der Waals surface area (Å²) in [7, 11) is 0. The van der Waals surface area contributed by atoms with E-state index in [9.17, 15) is 0 Å². The first kappa shape index (κ1) is 9.91. The minimum atomic E-state index is 0.731. The Morgan fingerprint density at radius 1 is 1.38 bits per heavy atom. The third-order valence-electron chi connectivity index (χ3n) is 3.57. The van der Waals surface area contributed by atoms with Gasteiger partial charge in [0, 0.05) is 23.5 Å². The summed E-state index contributed by atoms with van der Waals surface area (Å²) in [5.74, 6) is 0. The van der Waals surface area contributed by atoms with E-state index in [4.69, 9.17) is 4.42 Å². The molecule has 0 aliphatic heterocycles. The molecule has 2 heteroatoms. The molecule has 0 unspecified atom stereocenters. The fourth-order valence-corrected chi connectivity index (χ4v) is 2.34. The second-order valence-electron chi connectivity index (χ2n) is 4.72. The van der Waals surface area contributed by atoms with Gasteiger partial charge in [-0.3, -0.25) is 0 Å². The van der Waals surface area contributed by atoms with Crippen LogP contribution in [-0.4, -0.2) is 6.04 Å². The van der Waals surface area contributed by atoms with Gasteiger partial charge in [-0.15, -0.1) is 0 Å². The van der Waals surface area contributed by atoms with Crippen molar-refractivity contribution in [1.82, 2.24) is 5.32 Å². The smallest absolute Gasteiger partial charge is 0.134 e. The summed E-state index contributed by atoms with van der Waals surface area (Å²) in [4.78, 5) is 0. The molecule has 1 aromatic carbocycles. The number of rotatable bonds is 3. The molecule has 3 rings (SSSR count). The Hall–Kier alpha value is -1.28. The Bertz CT molecular complexity index is 496. The molecular formula is C14H17NO. The quantitative estimate of drug-likeness (QED) is 0.849. The highest BCUT2D eigenvalue weighted by atomic mass is 16.3.